The van der Waals surface area contributed by atoms with Gasteiger partial charge in [0.05, 0.1) is 17.9 Å². The molecule has 27 heavy (non-hydrogen) atoms. The summed E-state index contributed by atoms with van der Waals surface area (Å²) >= 11 is 5.97. The molecule has 0 fully saturated rings. The van der Waals surface area contributed by atoms with Crippen LogP contribution in [0.25, 0.3) is 16.9 Å². The van der Waals surface area contributed by atoms with Crippen LogP contribution >= 0.6 is 11.6 Å². The van der Waals surface area contributed by atoms with E-state index in [2.05, 4.69) is 15.4 Å². The number of hydrogen-bond acceptors (Lipinski definition) is 3. The lowest BCUT2D eigenvalue weighted by molar-refractivity contribution is 0.0941. The molecule has 1 amide bonds. The van der Waals surface area contributed by atoms with Gasteiger partial charge in [-0.3, -0.25) is 4.79 Å². The summed E-state index contributed by atoms with van der Waals surface area (Å²) in [7, 11) is 0. The number of carbonyl (C=O) groups is 1. The highest BCUT2D eigenvalue weighted by atomic mass is 35.5. The third-order valence-corrected chi connectivity index (χ3v) is 4.69. The molecule has 0 aliphatic rings. The molecule has 1 unspecified atom stereocenters. The second-order valence-electron chi connectivity index (χ2n) is 6.24. The predicted molar refractivity (Wildman–Crippen MR) is 106 cm³/mol. The van der Waals surface area contributed by atoms with Crippen LogP contribution in [0.5, 0.6) is 0 Å². The molecule has 0 spiro atoms. The highest BCUT2D eigenvalue weighted by Crippen LogP contribution is 2.23. The lowest BCUT2D eigenvalue weighted by Crippen LogP contribution is -2.26. The molecule has 0 radical (unpaired) electrons. The minimum Gasteiger partial charge on any atom is -0.345 e. The fourth-order valence-electron chi connectivity index (χ4n) is 2.99. The SMILES string of the molecule is CC(NC(=O)c1cnn2c(-c3ccc(Cl)cc3)ccnc12)c1ccccc1. The molecule has 4 aromatic rings. The summed E-state index contributed by atoms with van der Waals surface area (Å²) in [6, 6.07) is 19.0. The van der Waals surface area contributed by atoms with E-state index < -0.39 is 0 Å². The minimum atomic E-state index is -0.206. The van der Waals surface area contributed by atoms with Crippen LogP contribution in [0.15, 0.2) is 73.1 Å². The van der Waals surface area contributed by atoms with Crippen molar-refractivity contribution in [1.29, 1.82) is 0 Å². The summed E-state index contributed by atoms with van der Waals surface area (Å²) in [5.74, 6) is -0.206. The molecule has 4 rings (SSSR count). The fraction of sp³-hybridized carbons (Fsp3) is 0.0952. The van der Waals surface area contributed by atoms with Crippen LogP contribution in [-0.2, 0) is 0 Å². The number of carbonyl (C=O) groups excluding carboxylic acids is 1. The van der Waals surface area contributed by atoms with E-state index >= 15 is 0 Å². The Bertz CT molecular complexity index is 1090. The Morgan fingerprint density at radius 1 is 1.07 bits per heavy atom. The molecule has 134 valence electrons. The number of aromatic nitrogens is 3. The summed E-state index contributed by atoms with van der Waals surface area (Å²) in [6.45, 7) is 1.95. The van der Waals surface area contributed by atoms with Gasteiger partial charge in [-0.05, 0) is 30.7 Å². The summed E-state index contributed by atoms with van der Waals surface area (Å²) in [5, 5.41) is 8.05. The number of halogens is 1. The summed E-state index contributed by atoms with van der Waals surface area (Å²) in [5.41, 5.74) is 3.78. The van der Waals surface area contributed by atoms with E-state index in [9.17, 15) is 4.79 Å². The van der Waals surface area contributed by atoms with E-state index in [1.807, 2.05) is 67.6 Å². The van der Waals surface area contributed by atoms with Crippen LogP contribution in [0.3, 0.4) is 0 Å². The molecule has 1 atom stereocenters. The van der Waals surface area contributed by atoms with Crippen LogP contribution < -0.4 is 5.32 Å². The largest absolute Gasteiger partial charge is 0.345 e. The monoisotopic (exact) mass is 376 g/mol. The molecule has 2 aromatic carbocycles. The van der Waals surface area contributed by atoms with Gasteiger partial charge >= 0.3 is 0 Å². The fourth-order valence-corrected chi connectivity index (χ4v) is 3.12. The Morgan fingerprint density at radius 3 is 2.56 bits per heavy atom. The molecule has 0 saturated carbocycles. The number of rotatable bonds is 4. The van der Waals surface area contributed by atoms with Crippen LogP contribution in [0, 0.1) is 0 Å². The molecular weight excluding hydrogens is 360 g/mol. The molecule has 0 aliphatic heterocycles. The zero-order chi connectivity index (χ0) is 18.8. The number of nitrogens with zero attached hydrogens (tertiary/aromatic N) is 3. The maximum Gasteiger partial charge on any atom is 0.257 e. The first-order valence-electron chi connectivity index (χ1n) is 8.58. The lowest BCUT2D eigenvalue weighted by Gasteiger charge is -2.13. The average molecular weight is 377 g/mol. The van der Waals surface area contributed by atoms with Crippen LogP contribution in [0.2, 0.25) is 5.02 Å². The topological polar surface area (TPSA) is 59.3 Å². The second kappa shape index (κ2) is 7.21. The van der Waals surface area contributed by atoms with Gasteiger partial charge in [-0.2, -0.15) is 5.10 Å². The first-order valence-corrected chi connectivity index (χ1v) is 8.96. The van der Waals surface area contributed by atoms with E-state index in [1.165, 1.54) is 0 Å². The van der Waals surface area contributed by atoms with Crippen molar-refractivity contribution in [3.05, 3.63) is 89.2 Å². The van der Waals surface area contributed by atoms with Crippen molar-refractivity contribution in [1.82, 2.24) is 19.9 Å². The molecular formula is C21H17ClN4O. The molecule has 0 saturated heterocycles. The zero-order valence-corrected chi connectivity index (χ0v) is 15.4. The van der Waals surface area contributed by atoms with Crippen molar-refractivity contribution < 1.29 is 4.79 Å². The summed E-state index contributed by atoms with van der Waals surface area (Å²) < 4.78 is 1.67. The number of hydrogen-bond donors (Lipinski definition) is 1. The number of nitrogens with one attached hydrogen (secondary N) is 1. The summed E-state index contributed by atoms with van der Waals surface area (Å²) in [4.78, 5) is 17.1. The predicted octanol–water partition coefficient (Wildman–Crippen LogP) is 4.54. The van der Waals surface area contributed by atoms with Gasteiger partial charge in [-0.1, -0.05) is 54.1 Å². The number of fused-ring (bicyclic) bond motifs is 1. The second-order valence-corrected chi connectivity index (χ2v) is 6.67. The molecule has 2 heterocycles. The maximum absolute atomic E-state index is 12.8. The van der Waals surface area contributed by atoms with Crippen molar-refractivity contribution >= 4 is 23.2 Å². The highest BCUT2D eigenvalue weighted by Gasteiger charge is 2.18. The highest BCUT2D eigenvalue weighted by molar-refractivity contribution is 6.30. The Kier molecular flexibility index (Phi) is 4.60. The quantitative estimate of drug-likeness (QED) is 0.568. The Hall–Kier alpha value is -3.18. The number of benzene rings is 2. The van der Waals surface area contributed by atoms with Gasteiger partial charge in [0.2, 0.25) is 0 Å². The smallest absolute Gasteiger partial charge is 0.257 e. The normalized spacial score (nSPS) is 12.1. The van der Waals surface area contributed by atoms with Crippen molar-refractivity contribution in [2.24, 2.45) is 0 Å². The van der Waals surface area contributed by atoms with Crippen LogP contribution in [0.1, 0.15) is 28.9 Å². The van der Waals surface area contributed by atoms with Gasteiger partial charge in [0.15, 0.2) is 5.65 Å². The van der Waals surface area contributed by atoms with Gasteiger partial charge in [0.1, 0.15) is 5.56 Å². The van der Waals surface area contributed by atoms with Crippen LogP contribution in [-0.4, -0.2) is 20.5 Å². The molecule has 0 bridgehead atoms. The van der Waals surface area contributed by atoms with Gasteiger partial charge in [-0.15, -0.1) is 0 Å². The average Bonchev–Trinajstić information content (AvgIpc) is 3.13. The van der Waals surface area contributed by atoms with Crippen molar-refractivity contribution in [2.45, 2.75) is 13.0 Å². The maximum atomic E-state index is 12.8. The van der Waals surface area contributed by atoms with E-state index in [0.29, 0.717) is 16.2 Å². The van der Waals surface area contributed by atoms with E-state index in [-0.39, 0.29) is 11.9 Å². The molecule has 0 aliphatic carbocycles. The third kappa shape index (κ3) is 3.41. The van der Waals surface area contributed by atoms with Gasteiger partial charge < -0.3 is 5.32 Å². The first kappa shape index (κ1) is 17.2. The van der Waals surface area contributed by atoms with Gasteiger partial charge in [0, 0.05) is 16.8 Å². The van der Waals surface area contributed by atoms with E-state index in [1.54, 1.807) is 16.9 Å². The minimum absolute atomic E-state index is 0.118. The van der Waals surface area contributed by atoms with Crippen molar-refractivity contribution in [3.8, 4) is 11.3 Å². The third-order valence-electron chi connectivity index (χ3n) is 4.43. The van der Waals surface area contributed by atoms with Crippen LogP contribution in [0.4, 0.5) is 0 Å². The van der Waals surface area contributed by atoms with Gasteiger partial charge in [-0.25, -0.2) is 9.50 Å². The summed E-state index contributed by atoms with van der Waals surface area (Å²) in [6.07, 6.45) is 3.23. The van der Waals surface area contributed by atoms with E-state index in [4.69, 9.17) is 11.6 Å². The van der Waals surface area contributed by atoms with E-state index in [0.717, 1.165) is 16.8 Å². The lowest BCUT2D eigenvalue weighted by atomic mass is 10.1. The Balaban J connectivity index is 1.66. The van der Waals surface area contributed by atoms with Crippen molar-refractivity contribution in [3.63, 3.8) is 0 Å². The number of amides is 1. The van der Waals surface area contributed by atoms with Gasteiger partial charge in [0.25, 0.3) is 5.91 Å². The molecule has 5 nitrogen and oxygen atoms in total. The standard InChI is InChI=1S/C21H17ClN4O/c1-14(15-5-3-2-4-6-15)25-21(27)18-13-24-26-19(11-12-23-20(18)26)16-7-9-17(22)10-8-16/h2-14H,1H3,(H,25,27). The van der Waals surface area contributed by atoms with Crippen molar-refractivity contribution in [2.75, 3.05) is 0 Å². The Labute approximate surface area is 161 Å². The molecule has 2 aromatic heterocycles. The molecule has 1 N–H and O–H groups in total. The molecule has 6 heteroatoms. The Morgan fingerprint density at radius 2 is 1.81 bits per heavy atom. The first-order chi connectivity index (χ1) is 13.1. The zero-order valence-electron chi connectivity index (χ0n) is 14.6.